The molecule has 0 atom stereocenters. The van der Waals surface area contributed by atoms with E-state index in [-0.39, 0.29) is 5.56 Å². The molecular formula is C11H11F2N3O. The standard InChI is InChI=1S/C11H11F2N3O/c12-7-1-2-8(9(13)5-7)10(17)11(3-4-11)15-6-16-14/h1-2,5-6H,3-4,14H2,(H,15,16). The van der Waals surface area contributed by atoms with Crippen LogP contribution < -0.4 is 11.3 Å². The van der Waals surface area contributed by atoms with Gasteiger partial charge >= 0.3 is 0 Å². The molecule has 1 saturated carbocycles. The van der Waals surface area contributed by atoms with Crippen molar-refractivity contribution in [3.8, 4) is 0 Å². The van der Waals surface area contributed by atoms with E-state index in [1.165, 1.54) is 6.34 Å². The van der Waals surface area contributed by atoms with Gasteiger partial charge in [-0.2, -0.15) is 0 Å². The van der Waals surface area contributed by atoms with Gasteiger partial charge in [-0.3, -0.25) is 9.79 Å². The Hall–Kier alpha value is -1.82. The van der Waals surface area contributed by atoms with Gasteiger partial charge < -0.3 is 5.43 Å². The Kier molecular flexibility index (Phi) is 2.89. The molecule has 4 nitrogen and oxygen atoms in total. The number of Topliss-reactive ketones (excluding diaryl/α,β-unsaturated/α-hetero) is 1. The second-order valence-electron chi connectivity index (χ2n) is 3.91. The van der Waals surface area contributed by atoms with E-state index >= 15 is 0 Å². The van der Waals surface area contributed by atoms with Crippen molar-refractivity contribution in [1.29, 1.82) is 0 Å². The minimum Gasteiger partial charge on any atom is -0.315 e. The third-order valence-corrected chi connectivity index (χ3v) is 2.71. The van der Waals surface area contributed by atoms with Crippen molar-refractivity contribution in [3.05, 3.63) is 35.4 Å². The quantitative estimate of drug-likeness (QED) is 0.272. The number of nitrogens with two attached hydrogens (primary N) is 1. The first kappa shape index (κ1) is 11.7. The number of hydrogen-bond acceptors (Lipinski definition) is 3. The molecule has 1 aromatic carbocycles. The fraction of sp³-hybridized carbons (Fsp3) is 0.273. The smallest absolute Gasteiger partial charge is 0.193 e. The molecule has 90 valence electrons. The van der Waals surface area contributed by atoms with Crippen molar-refractivity contribution >= 4 is 12.1 Å². The first-order chi connectivity index (χ1) is 8.09. The van der Waals surface area contributed by atoms with Crippen LogP contribution in [-0.2, 0) is 0 Å². The summed E-state index contributed by atoms with van der Waals surface area (Å²) in [5, 5.41) is 0. The summed E-state index contributed by atoms with van der Waals surface area (Å²) in [6, 6.07) is 2.88. The number of carbonyl (C=O) groups is 1. The molecule has 0 unspecified atom stereocenters. The van der Waals surface area contributed by atoms with E-state index in [1.807, 2.05) is 0 Å². The lowest BCUT2D eigenvalue weighted by molar-refractivity contribution is 0.0946. The summed E-state index contributed by atoms with van der Waals surface area (Å²) in [6.45, 7) is 0. The number of benzene rings is 1. The topological polar surface area (TPSA) is 67.5 Å². The molecular weight excluding hydrogens is 228 g/mol. The molecule has 6 heteroatoms. The van der Waals surface area contributed by atoms with Gasteiger partial charge in [0.2, 0.25) is 0 Å². The molecule has 0 amide bonds. The fourth-order valence-corrected chi connectivity index (χ4v) is 1.62. The molecule has 0 saturated heterocycles. The molecule has 0 bridgehead atoms. The summed E-state index contributed by atoms with van der Waals surface area (Å²) in [7, 11) is 0. The number of nitrogens with one attached hydrogen (secondary N) is 1. The zero-order valence-electron chi connectivity index (χ0n) is 8.91. The average molecular weight is 239 g/mol. The Balaban J connectivity index is 2.29. The SMILES string of the molecule is NNC=NC1(C(=O)c2ccc(F)cc2F)CC1. The Morgan fingerprint density at radius 3 is 2.71 bits per heavy atom. The summed E-state index contributed by atoms with van der Waals surface area (Å²) in [5.74, 6) is 3.00. The maximum atomic E-state index is 13.4. The lowest BCUT2D eigenvalue weighted by atomic mass is 10.0. The summed E-state index contributed by atoms with van der Waals surface area (Å²) >= 11 is 0. The van der Waals surface area contributed by atoms with Gasteiger partial charge in [0.05, 0.1) is 11.9 Å². The molecule has 1 aromatic rings. The predicted molar refractivity (Wildman–Crippen MR) is 58.5 cm³/mol. The summed E-state index contributed by atoms with van der Waals surface area (Å²) < 4.78 is 26.1. The van der Waals surface area contributed by atoms with E-state index in [0.29, 0.717) is 18.9 Å². The van der Waals surface area contributed by atoms with E-state index in [1.54, 1.807) is 0 Å². The van der Waals surface area contributed by atoms with Gasteiger partial charge in [0.1, 0.15) is 17.2 Å². The predicted octanol–water partition coefficient (Wildman–Crippen LogP) is 1.17. The van der Waals surface area contributed by atoms with E-state index in [4.69, 9.17) is 5.84 Å². The minimum absolute atomic E-state index is 0.141. The fourth-order valence-electron chi connectivity index (χ4n) is 1.62. The van der Waals surface area contributed by atoms with Crippen LogP contribution in [0.1, 0.15) is 23.2 Å². The lowest BCUT2D eigenvalue weighted by Gasteiger charge is -2.09. The number of nitrogens with zero attached hydrogens (tertiary/aromatic N) is 1. The lowest BCUT2D eigenvalue weighted by Crippen LogP contribution is -2.26. The van der Waals surface area contributed by atoms with Gasteiger partial charge in [0.25, 0.3) is 0 Å². The molecule has 0 aliphatic heterocycles. The van der Waals surface area contributed by atoms with E-state index in [2.05, 4.69) is 10.4 Å². The Morgan fingerprint density at radius 1 is 1.47 bits per heavy atom. The molecule has 2 rings (SSSR count). The Morgan fingerprint density at radius 2 is 2.18 bits per heavy atom. The van der Waals surface area contributed by atoms with Crippen LogP contribution >= 0.6 is 0 Å². The molecule has 0 aromatic heterocycles. The average Bonchev–Trinajstić information content (AvgIpc) is 3.07. The largest absolute Gasteiger partial charge is 0.315 e. The molecule has 1 aliphatic carbocycles. The van der Waals surface area contributed by atoms with E-state index in [9.17, 15) is 13.6 Å². The minimum atomic E-state index is -0.926. The van der Waals surface area contributed by atoms with E-state index < -0.39 is 23.0 Å². The zero-order chi connectivity index (χ0) is 12.5. The van der Waals surface area contributed by atoms with Crippen LogP contribution in [0, 0.1) is 11.6 Å². The molecule has 17 heavy (non-hydrogen) atoms. The number of aliphatic imine (C=N–C) groups is 1. The van der Waals surface area contributed by atoms with Crippen LogP contribution in [0.15, 0.2) is 23.2 Å². The first-order valence-electron chi connectivity index (χ1n) is 5.09. The number of rotatable bonds is 4. The maximum absolute atomic E-state index is 13.4. The van der Waals surface area contributed by atoms with Crippen LogP contribution in [0.3, 0.4) is 0 Å². The maximum Gasteiger partial charge on any atom is 0.193 e. The monoisotopic (exact) mass is 239 g/mol. The number of hydrazine groups is 1. The molecule has 3 N–H and O–H groups in total. The molecule has 0 radical (unpaired) electrons. The van der Waals surface area contributed by atoms with Gasteiger partial charge in [-0.25, -0.2) is 14.6 Å². The second-order valence-corrected chi connectivity index (χ2v) is 3.91. The number of hydrogen-bond donors (Lipinski definition) is 2. The summed E-state index contributed by atoms with van der Waals surface area (Å²) in [5.41, 5.74) is 1.13. The number of carbonyl (C=O) groups excluding carboxylic acids is 1. The highest BCUT2D eigenvalue weighted by Crippen LogP contribution is 2.42. The van der Waals surface area contributed by atoms with Crippen molar-refractivity contribution in [1.82, 2.24) is 5.43 Å². The Bertz CT molecular complexity index is 484. The van der Waals surface area contributed by atoms with Crippen molar-refractivity contribution < 1.29 is 13.6 Å². The molecule has 1 aliphatic rings. The summed E-state index contributed by atoms with van der Waals surface area (Å²) in [6.07, 6.45) is 2.29. The highest BCUT2D eigenvalue weighted by Gasteiger charge is 2.50. The highest BCUT2D eigenvalue weighted by atomic mass is 19.1. The van der Waals surface area contributed by atoms with Gasteiger partial charge in [0, 0.05) is 6.07 Å². The first-order valence-corrected chi connectivity index (χ1v) is 5.09. The van der Waals surface area contributed by atoms with Crippen molar-refractivity contribution in [2.24, 2.45) is 10.8 Å². The zero-order valence-corrected chi connectivity index (χ0v) is 8.91. The van der Waals surface area contributed by atoms with Crippen molar-refractivity contribution in [2.75, 3.05) is 0 Å². The van der Waals surface area contributed by atoms with Crippen LogP contribution in [-0.4, -0.2) is 17.7 Å². The van der Waals surface area contributed by atoms with Crippen LogP contribution in [0.25, 0.3) is 0 Å². The molecule has 1 fully saturated rings. The van der Waals surface area contributed by atoms with Gasteiger partial charge in [-0.15, -0.1) is 0 Å². The third kappa shape index (κ3) is 2.16. The van der Waals surface area contributed by atoms with Gasteiger partial charge in [-0.05, 0) is 25.0 Å². The van der Waals surface area contributed by atoms with Gasteiger partial charge in [-0.1, -0.05) is 0 Å². The Labute approximate surface area is 96.5 Å². The van der Waals surface area contributed by atoms with E-state index in [0.717, 1.165) is 12.1 Å². The number of ketones is 1. The summed E-state index contributed by atoms with van der Waals surface area (Å²) in [4.78, 5) is 16.0. The second kappa shape index (κ2) is 4.21. The van der Waals surface area contributed by atoms with Gasteiger partial charge in [0.15, 0.2) is 5.78 Å². The van der Waals surface area contributed by atoms with Crippen molar-refractivity contribution in [3.63, 3.8) is 0 Å². The van der Waals surface area contributed by atoms with Crippen LogP contribution in [0.5, 0.6) is 0 Å². The number of halogens is 2. The van der Waals surface area contributed by atoms with Crippen molar-refractivity contribution in [2.45, 2.75) is 18.4 Å². The third-order valence-electron chi connectivity index (χ3n) is 2.71. The normalized spacial score (nSPS) is 17.1. The molecule has 0 heterocycles. The molecule has 0 spiro atoms. The van der Waals surface area contributed by atoms with Crippen LogP contribution in [0.2, 0.25) is 0 Å². The van der Waals surface area contributed by atoms with Crippen LogP contribution in [0.4, 0.5) is 8.78 Å². The highest BCUT2D eigenvalue weighted by molar-refractivity contribution is 6.06.